The molecular weight excluding hydrogens is 333 g/mol. The maximum atomic E-state index is 13.9. The maximum Gasteiger partial charge on any atom is 0.274 e. The van der Waals surface area contributed by atoms with Gasteiger partial charge in [0.1, 0.15) is 22.6 Å². The minimum Gasteiger partial charge on any atom is -0.506 e. The molecule has 2 aromatic carbocycles. The van der Waals surface area contributed by atoms with Gasteiger partial charge in [-0.3, -0.25) is 20.6 Å². The second-order valence-electron chi connectivity index (χ2n) is 5.25. The quantitative estimate of drug-likeness (QED) is 0.631. The zero-order chi connectivity index (χ0) is 17.3. The summed E-state index contributed by atoms with van der Waals surface area (Å²) in [6, 6.07) is 9.58. The van der Waals surface area contributed by atoms with Crippen LogP contribution >= 0.6 is 11.6 Å². The van der Waals surface area contributed by atoms with Gasteiger partial charge in [0, 0.05) is 16.6 Å². The fourth-order valence-electron chi connectivity index (χ4n) is 2.28. The number of anilines is 1. The Morgan fingerprint density at radius 1 is 1.25 bits per heavy atom. The van der Waals surface area contributed by atoms with Crippen LogP contribution in [0.5, 0.6) is 5.75 Å². The van der Waals surface area contributed by atoms with Gasteiger partial charge in [0.2, 0.25) is 0 Å². The van der Waals surface area contributed by atoms with E-state index in [1.165, 1.54) is 6.07 Å². The maximum absolute atomic E-state index is 13.9. The molecule has 7 heteroatoms. The number of amides is 1. The van der Waals surface area contributed by atoms with E-state index in [1.54, 1.807) is 37.3 Å². The zero-order valence-corrected chi connectivity index (χ0v) is 13.4. The molecule has 0 atom stereocenters. The lowest BCUT2D eigenvalue weighted by Gasteiger charge is -2.11. The van der Waals surface area contributed by atoms with Crippen molar-refractivity contribution in [3.05, 3.63) is 64.6 Å². The Morgan fingerprint density at radius 3 is 2.67 bits per heavy atom. The minimum atomic E-state index is -0.598. The topological polar surface area (TPSA) is 74.2 Å². The number of pyridine rings is 1. The van der Waals surface area contributed by atoms with Crippen molar-refractivity contribution in [2.24, 2.45) is 0 Å². The fraction of sp³-hybridized carbons (Fsp3) is 0.0588. The molecule has 3 rings (SSSR count). The molecule has 0 aliphatic heterocycles. The normalized spacial score (nSPS) is 10.6. The molecule has 1 aromatic heterocycles. The number of carbonyl (C=O) groups excluding carboxylic acids is 1. The molecule has 3 N–H and O–H groups in total. The Kier molecular flexibility index (Phi) is 4.22. The first-order valence-corrected chi connectivity index (χ1v) is 7.43. The van der Waals surface area contributed by atoms with Crippen molar-refractivity contribution in [1.29, 1.82) is 0 Å². The monoisotopic (exact) mass is 345 g/mol. The molecule has 3 aromatic rings. The number of fused-ring (bicyclic) bond motifs is 1. The summed E-state index contributed by atoms with van der Waals surface area (Å²) in [7, 11) is 0. The van der Waals surface area contributed by atoms with Gasteiger partial charge >= 0.3 is 0 Å². The van der Waals surface area contributed by atoms with Crippen molar-refractivity contribution >= 4 is 34.1 Å². The highest BCUT2D eigenvalue weighted by atomic mass is 35.5. The summed E-state index contributed by atoms with van der Waals surface area (Å²) in [5.74, 6) is -1.47. The van der Waals surface area contributed by atoms with Crippen molar-refractivity contribution in [3.8, 4) is 5.75 Å². The summed E-state index contributed by atoms with van der Waals surface area (Å²) in [6.07, 6.45) is 1.13. The van der Waals surface area contributed by atoms with Crippen LogP contribution in [0.25, 0.3) is 10.9 Å². The smallest absolute Gasteiger partial charge is 0.274 e. The molecule has 5 nitrogen and oxygen atoms in total. The second kappa shape index (κ2) is 6.33. The Morgan fingerprint density at radius 2 is 1.96 bits per heavy atom. The molecule has 0 saturated heterocycles. The number of hydrazine groups is 1. The summed E-state index contributed by atoms with van der Waals surface area (Å²) in [5.41, 5.74) is 6.33. The molecule has 0 aliphatic rings. The van der Waals surface area contributed by atoms with E-state index >= 15 is 0 Å². The number of benzene rings is 2. The molecule has 24 heavy (non-hydrogen) atoms. The van der Waals surface area contributed by atoms with Crippen LogP contribution in [0.15, 0.2) is 42.6 Å². The van der Waals surface area contributed by atoms with Gasteiger partial charge in [-0.05, 0) is 48.9 Å². The highest BCUT2D eigenvalue weighted by molar-refractivity contribution is 6.30. The zero-order valence-electron chi connectivity index (χ0n) is 12.6. The van der Waals surface area contributed by atoms with Crippen LogP contribution in [0, 0.1) is 12.7 Å². The van der Waals surface area contributed by atoms with Gasteiger partial charge in [0.05, 0.1) is 5.69 Å². The molecule has 0 saturated carbocycles. The van der Waals surface area contributed by atoms with Crippen molar-refractivity contribution in [2.45, 2.75) is 6.92 Å². The van der Waals surface area contributed by atoms with Crippen LogP contribution < -0.4 is 10.9 Å². The Labute approximate surface area is 142 Å². The van der Waals surface area contributed by atoms with Crippen LogP contribution in [0.3, 0.4) is 0 Å². The van der Waals surface area contributed by atoms with Gasteiger partial charge in [0.15, 0.2) is 0 Å². The number of rotatable bonds is 3. The Bertz CT molecular complexity index is 929. The minimum absolute atomic E-state index is 0.0142. The first-order valence-electron chi connectivity index (χ1n) is 7.05. The number of nitrogens with zero attached hydrogens (tertiary/aromatic N) is 1. The predicted molar refractivity (Wildman–Crippen MR) is 90.6 cm³/mol. The molecule has 0 fully saturated rings. The number of aromatic hydroxyl groups is 1. The number of halogens is 2. The van der Waals surface area contributed by atoms with Gasteiger partial charge in [-0.15, -0.1) is 0 Å². The van der Waals surface area contributed by atoms with E-state index < -0.39 is 11.7 Å². The molecule has 0 bridgehead atoms. The third kappa shape index (κ3) is 3.09. The van der Waals surface area contributed by atoms with Crippen LogP contribution in [0.1, 0.15) is 15.9 Å². The third-order valence-electron chi connectivity index (χ3n) is 3.45. The van der Waals surface area contributed by atoms with E-state index in [2.05, 4.69) is 15.8 Å². The molecule has 0 aliphatic carbocycles. The molecule has 0 spiro atoms. The molecule has 0 radical (unpaired) electrons. The first-order chi connectivity index (χ1) is 11.5. The van der Waals surface area contributed by atoms with Crippen molar-refractivity contribution < 1.29 is 14.3 Å². The summed E-state index contributed by atoms with van der Waals surface area (Å²) in [5, 5.41) is 11.0. The van der Waals surface area contributed by atoms with Crippen molar-refractivity contribution in [3.63, 3.8) is 0 Å². The average molecular weight is 346 g/mol. The fourth-order valence-corrected chi connectivity index (χ4v) is 2.40. The third-order valence-corrected chi connectivity index (χ3v) is 3.70. The van der Waals surface area contributed by atoms with Crippen LogP contribution in [-0.4, -0.2) is 16.0 Å². The summed E-state index contributed by atoms with van der Waals surface area (Å²) >= 11 is 5.78. The Hall–Kier alpha value is -2.86. The van der Waals surface area contributed by atoms with E-state index in [0.717, 1.165) is 6.20 Å². The van der Waals surface area contributed by atoms with Gasteiger partial charge < -0.3 is 5.11 Å². The number of aromatic nitrogens is 1. The Balaban J connectivity index is 1.87. The van der Waals surface area contributed by atoms with Gasteiger partial charge in [0.25, 0.3) is 5.91 Å². The average Bonchev–Trinajstić information content (AvgIpc) is 2.55. The molecule has 122 valence electrons. The molecule has 0 unspecified atom stereocenters. The lowest BCUT2D eigenvalue weighted by molar-refractivity contribution is 0.0960. The first kappa shape index (κ1) is 16.0. The lowest BCUT2D eigenvalue weighted by atomic mass is 10.1. The van der Waals surface area contributed by atoms with E-state index in [-0.39, 0.29) is 22.2 Å². The van der Waals surface area contributed by atoms with Gasteiger partial charge in [-0.2, -0.15) is 0 Å². The van der Waals surface area contributed by atoms with Crippen LogP contribution in [0.4, 0.5) is 10.1 Å². The SMILES string of the molecule is Cc1cc(F)c2ncc(C(=O)NNc3ccc(Cl)cc3)c(O)c2c1. The number of aryl methyl sites for hydroxylation is 1. The summed E-state index contributed by atoms with van der Waals surface area (Å²) in [4.78, 5) is 16.2. The van der Waals surface area contributed by atoms with Crippen LogP contribution in [0.2, 0.25) is 5.02 Å². The molecule has 1 heterocycles. The number of nitrogens with one attached hydrogen (secondary N) is 2. The van der Waals surface area contributed by atoms with E-state index in [1.807, 2.05) is 0 Å². The number of carbonyl (C=O) groups is 1. The molecular formula is C17H13ClFN3O2. The lowest BCUT2D eigenvalue weighted by Crippen LogP contribution is -2.29. The van der Waals surface area contributed by atoms with Gasteiger partial charge in [-0.25, -0.2) is 4.39 Å². The predicted octanol–water partition coefficient (Wildman–Crippen LogP) is 3.80. The van der Waals surface area contributed by atoms with Crippen LogP contribution in [-0.2, 0) is 0 Å². The number of hydrogen-bond acceptors (Lipinski definition) is 4. The highest BCUT2D eigenvalue weighted by Gasteiger charge is 2.17. The highest BCUT2D eigenvalue weighted by Crippen LogP contribution is 2.29. The summed E-state index contributed by atoms with van der Waals surface area (Å²) in [6.45, 7) is 1.69. The van der Waals surface area contributed by atoms with Crippen molar-refractivity contribution in [1.82, 2.24) is 10.4 Å². The standard InChI is InChI=1S/C17H13ClFN3O2/c1-9-6-12-15(14(19)7-9)20-8-13(16(12)23)17(24)22-21-11-4-2-10(18)3-5-11/h2-8,21H,1H3,(H,20,23)(H,22,24). The molecule has 1 amide bonds. The van der Waals surface area contributed by atoms with E-state index in [4.69, 9.17) is 11.6 Å². The second-order valence-corrected chi connectivity index (χ2v) is 5.69. The van der Waals surface area contributed by atoms with E-state index in [0.29, 0.717) is 16.3 Å². The number of hydrogen-bond donors (Lipinski definition) is 3. The van der Waals surface area contributed by atoms with Gasteiger partial charge in [-0.1, -0.05) is 11.6 Å². The summed E-state index contributed by atoms with van der Waals surface area (Å²) < 4.78 is 13.9. The van der Waals surface area contributed by atoms with Crippen molar-refractivity contribution in [2.75, 3.05) is 5.43 Å². The van der Waals surface area contributed by atoms with E-state index in [9.17, 15) is 14.3 Å². The largest absolute Gasteiger partial charge is 0.506 e.